The molecule has 0 bridgehead atoms. The zero-order valence-corrected chi connectivity index (χ0v) is 9.51. The number of carboxylic acid groups (broad SMARTS) is 1. The van der Waals surface area contributed by atoms with Gasteiger partial charge in [-0.05, 0) is 32.6 Å². The van der Waals surface area contributed by atoms with E-state index >= 15 is 0 Å². The second-order valence-corrected chi connectivity index (χ2v) is 3.67. The third-order valence-electron chi connectivity index (χ3n) is 1.99. The molecule has 5 nitrogen and oxygen atoms in total. The Morgan fingerprint density at radius 3 is 2.94 bits per heavy atom. The van der Waals surface area contributed by atoms with E-state index in [1.54, 1.807) is 6.07 Å². The molecular formula is C11H16N2O3. The first-order valence-corrected chi connectivity index (χ1v) is 5.07. The molecule has 0 aliphatic carbocycles. The van der Waals surface area contributed by atoms with Crippen LogP contribution in [0, 0.1) is 0 Å². The van der Waals surface area contributed by atoms with Crippen LogP contribution in [0.5, 0.6) is 5.88 Å². The van der Waals surface area contributed by atoms with Crippen molar-refractivity contribution < 1.29 is 14.6 Å². The lowest BCUT2D eigenvalue weighted by Gasteiger charge is -2.10. The number of aromatic carboxylic acids is 1. The number of carbonyl (C=O) groups is 1. The number of hydrogen-bond donors (Lipinski definition) is 1. The molecule has 0 aliphatic heterocycles. The molecule has 16 heavy (non-hydrogen) atoms. The molecule has 88 valence electrons. The predicted molar refractivity (Wildman–Crippen MR) is 59.9 cm³/mol. The SMILES string of the molecule is CN(C)CCCOc1ncccc1C(=O)O. The van der Waals surface area contributed by atoms with E-state index in [1.165, 1.54) is 12.3 Å². The van der Waals surface area contributed by atoms with E-state index in [1.807, 2.05) is 19.0 Å². The Hall–Kier alpha value is -1.62. The van der Waals surface area contributed by atoms with Crippen LogP contribution in [-0.2, 0) is 0 Å². The van der Waals surface area contributed by atoms with E-state index in [-0.39, 0.29) is 11.4 Å². The molecule has 0 radical (unpaired) electrons. The van der Waals surface area contributed by atoms with Gasteiger partial charge in [0.15, 0.2) is 0 Å². The van der Waals surface area contributed by atoms with Gasteiger partial charge in [-0.2, -0.15) is 0 Å². The van der Waals surface area contributed by atoms with Gasteiger partial charge in [-0.15, -0.1) is 0 Å². The summed E-state index contributed by atoms with van der Waals surface area (Å²) < 4.78 is 5.33. The molecule has 0 fully saturated rings. The number of ether oxygens (including phenoxy) is 1. The Bertz CT molecular complexity index is 353. The number of pyridine rings is 1. The van der Waals surface area contributed by atoms with Gasteiger partial charge < -0.3 is 14.7 Å². The van der Waals surface area contributed by atoms with Gasteiger partial charge in [-0.3, -0.25) is 0 Å². The minimum atomic E-state index is -1.02. The van der Waals surface area contributed by atoms with Crippen molar-refractivity contribution in [1.29, 1.82) is 0 Å². The van der Waals surface area contributed by atoms with E-state index in [4.69, 9.17) is 9.84 Å². The molecule has 0 saturated heterocycles. The highest BCUT2D eigenvalue weighted by Gasteiger charge is 2.11. The molecular weight excluding hydrogens is 208 g/mol. The summed E-state index contributed by atoms with van der Waals surface area (Å²) in [6.07, 6.45) is 2.36. The lowest BCUT2D eigenvalue weighted by Crippen LogP contribution is -2.16. The van der Waals surface area contributed by atoms with Gasteiger partial charge in [0, 0.05) is 12.7 Å². The van der Waals surface area contributed by atoms with Gasteiger partial charge in [-0.1, -0.05) is 0 Å². The summed E-state index contributed by atoms with van der Waals surface area (Å²) in [6.45, 7) is 1.37. The van der Waals surface area contributed by atoms with Crippen LogP contribution >= 0.6 is 0 Å². The van der Waals surface area contributed by atoms with Crippen LogP contribution < -0.4 is 4.74 Å². The van der Waals surface area contributed by atoms with E-state index in [0.29, 0.717) is 6.61 Å². The first-order chi connectivity index (χ1) is 7.61. The Morgan fingerprint density at radius 2 is 2.31 bits per heavy atom. The Labute approximate surface area is 94.7 Å². The van der Waals surface area contributed by atoms with Crippen molar-refractivity contribution in [3.63, 3.8) is 0 Å². The minimum absolute atomic E-state index is 0.104. The smallest absolute Gasteiger partial charge is 0.341 e. The van der Waals surface area contributed by atoms with Crippen molar-refractivity contribution in [1.82, 2.24) is 9.88 Å². The van der Waals surface area contributed by atoms with E-state index < -0.39 is 5.97 Å². The van der Waals surface area contributed by atoms with Gasteiger partial charge >= 0.3 is 5.97 Å². The van der Waals surface area contributed by atoms with Gasteiger partial charge in [0.05, 0.1) is 6.61 Å². The van der Waals surface area contributed by atoms with Crippen LogP contribution in [0.1, 0.15) is 16.8 Å². The highest BCUT2D eigenvalue weighted by molar-refractivity contribution is 5.90. The minimum Gasteiger partial charge on any atom is -0.477 e. The van der Waals surface area contributed by atoms with Crippen LogP contribution in [0.25, 0.3) is 0 Å². The quantitative estimate of drug-likeness (QED) is 0.733. The third kappa shape index (κ3) is 3.86. The number of nitrogens with zero attached hydrogens (tertiary/aromatic N) is 2. The molecule has 1 aromatic heterocycles. The Balaban J connectivity index is 2.50. The first-order valence-electron chi connectivity index (χ1n) is 5.07. The van der Waals surface area contributed by atoms with Crippen LogP contribution in [0.2, 0.25) is 0 Å². The number of carboxylic acids is 1. The topological polar surface area (TPSA) is 62.7 Å². The van der Waals surface area contributed by atoms with Crippen LogP contribution in [0.3, 0.4) is 0 Å². The third-order valence-corrected chi connectivity index (χ3v) is 1.99. The van der Waals surface area contributed by atoms with E-state index in [9.17, 15) is 4.79 Å². The maximum absolute atomic E-state index is 10.8. The fourth-order valence-electron chi connectivity index (χ4n) is 1.22. The second-order valence-electron chi connectivity index (χ2n) is 3.67. The average molecular weight is 224 g/mol. The fourth-order valence-corrected chi connectivity index (χ4v) is 1.22. The molecule has 1 aromatic rings. The van der Waals surface area contributed by atoms with Gasteiger partial charge in [0.1, 0.15) is 5.56 Å². The van der Waals surface area contributed by atoms with E-state index in [2.05, 4.69) is 4.98 Å². The van der Waals surface area contributed by atoms with Crippen LogP contribution in [0.4, 0.5) is 0 Å². The summed E-state index contributed by atoms with van der Waals surface area (Å²) in [5.41, 5.74) is 0.104. The lowest BCUT2D eigenvalue weighted by atomic mass is 10.3. The number of aromatic nitrogens is 1. The molecule has 1 rings (SSSR count). The van der Waals surface area contributed by atoms with Crippen LogP contribution in [-0.4, -0.2) is 48.2 Å². The number of hydrogen-bond acceptors (Lipinski definition) is 4. The maximum Gasteiger partial charge on any atom is 0.341 e. The Kier molecular flexibility index (Phi) is 4.72. The van der Waals surface area contributed by atoms with Crippen molar-refractivity contribution in [3.8, 4) is 5.88 Å². The first kappa shape index (κ1) is 12.4. The highest BCUT2D eigenvalue weighted by atomic mass is 16.5. The molecule has 0 atom stereocenters. The highest BCUT2D eigenvalue weighted by Crippen LogP contribution is 2.13. The fraction of sp³-hybridized carbons (Fsp3) is 0.455. The van der Waals surface area contributed by atoms with Gasteiger partial charge in [-0.25, -0.2) is 9.78 Å². The summed E-state index contributed by atoms with van der Waals surface area (Å²) in [4.78, 5) is 16.8. The van der Waals surface area contributed by atoms with Crippen LogP contribution in [0.15, 0.2) is 18.3 Å². The molecule has 0 amide bonds. The summed E-state index contributed by atoms with van der Waals surface area (Å²) in [5.74, 6) is -0.829. The molecule has 0 aromatic carbocycles. The molecule has 0 spiro atoms. The van der Waals surface area contributed by atoms with Crippen molar-refractivity contribution in [3.05, 3.63) is 23.9 Å². The normalized spacial score (nSPS) is 10.4. The summed E-state index contributed by atoms with van der Waals surface area (Å²) >= 11 is 0. The molecule has 0 unspecified atom stereocenters. The van der Waals surface area contributed by atoms with Crippen molar-refractivity contribution in [2.75, 3.05) is 27.2 Å². The van der Waals surface area contributed by atoms with Gasteiger partial charge in [0.2, 0.25) is 5.88 Å². The van der Waals surface area contributed by atoms with Crippen molar-refractivity contribution >= 4 is 5.97 Å². The maximum atomic E-state index is 10.8. The largest absolute Gasteiger partial charge is 0.477 e. The predicted octanol–water partition coefficient (Wildman–Crippen LogP) is 1.11. The zero-order chi connectivity index (χ0) is 12.0. The van der Waals surface area contributed by atoms with Crippen molar-refractivity contribution in [2.24, 2.45) is 0 Å². The molecule has 0 saturated carbocycles. The van der Waals surface area contributed by atoms with E-state index in [0.717, 1.165) is 13.0 Å². The zero-order valence-electron chi connectivity index (χ0n) is 9.51. The average Bonchev–Trinajstić information content (AvgIpc) is 2.24. The summed E-state index contributed by atoms with van der Waals surface area (Å²) in [6, 6.07) is 3.06. The number of rotatable bonds is 6. The molecule has 0 aliphatic rings. The molecule has 1 heterocycles. The standard InChI is InChI=1S/C11H16N2O3/c1-13(2)7-4-8-16-10-9(11(14)15)5-3-6-12-10/h3,5-6H,4,7-8H2,1-2H3,(H,14,15). The lowest BCUT2D eigenvalue weighted by molar-refractivity contribution is 0.0691. The monoisotopic (exact) mass is 224 g/mol. The molecule has 1 N–H and O–H groups in total. The van der Waals surface area contributed by atoms with Crippen molar-refractivity contribution in [2.45, 2.75) is 6.42 Å². The Morgan fingerprint density at radius 1 is 1.56 bits per heavy atom. The second kappa shape index (κ2) is 6.07. The summed E-state index contributed by atoms with van der Waals surface area (Å²) in [7, 11) is 3.95. The summed E-state index contributed by atoms with van der Waals surface area (Å²) in [5, 5.41) is 8.88. The van der Waals surface area contributed by atoms with Gasteiger partial charge in [0.25, 0.3) is 0 Å². The molecule has 5 heteroatoms.